The van der Waals surface area contributed by atoms with E-state index in [1.54, 1.807) is 24.0 Å². The number of amides is 3. The van der Waals surface area contributed by atoms with Crippen molar-refractivity contribution < 1.29 is 28.7 Å². The summed E-state index contributed by atoms with van der Waals surface area (Å²) in [5.74, 6) is -1.06. The molecule has 3 amide bonds. The maximum Gasteiger partial charge on any atom is 0.410 e. The van der Waals surface area contributed by atoms with Crippen molar-refractivity contribution in [3.63, 3.8) is 0 Å². The molecule has 250 valence electrons. The first-order chi connectivity index (χ1) is 22.9. The lowest BCUT2D eigenvalue weighted by molar-refractivity contribution is -0.115. The molecule has 0 saturated heterocycles. The second-order valence-electron chi connectivity index (χ2n) is 12.3. The highest BCUT2D eigenvalue weighted by molar-refractivity contribution is 8.00. The average molecular weight is 686 g/mol. The van der Waals surface area contributed by atoms with Crippen LogP contribution in [-0.4, -0.2) is 47.5 Å². The maximum absolute atomic E-state index is 14.1. The van der Waals surface area contributed by atoms with Crippen molar-refractivity contribution in [1.29, 1.82) is 0 Å². The Hall–Kier alpha value is -4.61. The van der Waals surface area contributed by atoms with E-state index in [-0.39, 0.29) is 25.0 Å². The number of hydrogen-bond donors (Lipinski definition) is 2. The minimum Gasteiger partial charge on any atom is -0.462 e. The Morgan fingerprint density at radius 3 is 2.40 bits per heavy atom. The predicted octanol–water partition coefficient (Wildman–Crippen LogP) is 8.25. The molecule has 0 fully saturated rings. The average Bonchev–Trinajstić information content (AvgIpc) is 3.40. The number of nitrogens with zero attached hydrogens (tertiary/aromatic N) is 1. The number of thioether (sulfide) groups is 1. The highest BCUT2D eigenvalue weighted by Crippen LogP contribution is 2.41. The van der Waals surface area contributed by atoms with E-state index in [2.05, 4.69) is 10.6 Å². The highest BCUT2D eigenvalue weighted by atomic mass is 32.2. The summed E-state index contributed by atoms with van der Waals surface area (Å²) in [4.78, 5) is 56.4. The van der Waals surface area contributed by atoms with E-state index in [9.17, 15) is 19.2 Å². The number of carbonyl (C=O) groups excluding carboxylic acids is 4. The molecule has 1 atom stereocenters. The number of fused-ring (bicyclic) bond motifs is 1. The summed E-state index contributed by atoms with van der Waals surface area (Å²) in [6, 6.07) is 24.1. The largest absolute Gasteiger partial charge is 0.462 e. The van der Waals surface area contributed by atoms with Crippen molar-refractivity contribution in [2.45, 2.75) is 63.3 Å². The number of carbonyl (C=O) groups is 4. The summed E-state index contributed by atoms with van der Waals surface area (Å²) < 4.78 is 11.0. The van der Waals surface area contributed by atoms with Gasteiger partial charge in [-0.1, -0.05) is 54.6 Å². The molecule has 1 unspecified atom stereocenters. The third-order valence-corrected chi connectivity index (χ3v) is 9.88. The molecule has 4 aromatic rings. The lowest BCUT2D eigenvalue weighted by Gasteiger charge is -2.30. The van der Waals surface area contributed by atoms with Crippen LogP contribution in [0.25, 0.3) is 0 Å². The molecule has 2 heterocycles. The van der Waals surface area contributed by atoms with Crippen molar-refractivity contribution in [2.24, 2.45) is 0 Å². The Morgan fingerprint density at radius 1 is 0.958 bits per heavy atom. The van der Waals surface area contributed by atoms with Crippen molar-refractivity contribution in [1.82, 2.24) is 4.90 Å². The fourth-order valence-electron chi connectivity index (χ4n) is 5.28. The van der Waals surface area contributed by atoms with E-state index in [4.69, 9.17) is 9.47 Å². The molecule has 1 aromatic heterocycles. The van der Waals surface area contributed by atoms with Crippen molar-refractivity contribution in [3.05, 3.63) is 112 Å². The SMILES string of the molecule is CCOC(=O)c1c(NC(=O)C(Sc2cccc(NC(=O)c3ccccc3C)c2)c2ccccc2)sc2c1CCN(C(=O)OC(C)(C)C)C2. The van der Waals surface area contributed by atoms with Crippen LogP contribution in [0.1, 0.15) is 75.2 Å². The van der Waals surface area contributed by atoms with Gasteiger partial charge in [0.15, 0.2) is 0 Å². The Balaban J connectivity index is 1.41. The van der Waals surface area contributed by atoms with Gasteiger partial charge in [0.05, 0.1) is 18.7 Å². The molecule has 5 rings (SSSR count). The number of hydrogen-bond acceptors (Lipinski definition) is 8. The van der Waals surface area contributed by atoms with Crippen molar-refractivity contribution >= 4 is 57.7 Å². The van der Waals surface area contributed by atoms with Gasteiger partial charge in [-0.3, -0.25) is 9.59 Å². The van der Waals surface area contributed by atoms with E-state index in [1.807, 2.05) is 94.4 Å². The van der Waals surface area contributed by atoms with Crippen LogP contribution in [0.3, 0.4) is 0 Å². The number of anilines is 2. The first-order valence-electron chi connectivity index (χ1n) is 15.7. The Morgan fingerprint density at radius 2 is 1.69 bits per heavy atom. The summed E-state index contributed by atoms with van der Waals surface area (Å²) in [5, 5.41) is 5.69. The molecule has 48 heavy (non-hydrogen) atoms. The Labute approximate surface area is 289 Å². The second-order valence-corrected chi connectivity index (χ2v) is 14.6. The molecule has 0 bridgehead atoms. The van der Waals surface area contributed by atoms with Crippen molar-refractivity contribution in [2.75, 3.05) is 23.8 Å². The van der Waals surface area contributed by atoms with Crippen LogP contribution in [0.4, 0.5) is 15.5 Å². The van der Waals surface area contributed by atoms with Crippen molar-refractivity contribution in [3.8, 4) is 0 Å². The topological polar surface area (TPSA) is 114 Å². The van der Waals surface area contributed by atoms with Gasteiger partial charge in [0.25, 0.3) is 5.91 Å². The van der Waals surface area contributed by atoms with Gasteiger partial charge in [-0.15, -0.1) is 23.1 Å². The number of thiophene rings is 1. The molecule has 2 N–H and O–H groups in total. The van der Waals surface area contributed by atoms with Gasteiger partial charge in [0.2, 0.25) is 5.91 Å². The van der Waals surface area contributed by atoms with Gasteiger partial charge in [-0.05, 0) is 82.0 Å². The number of ether oxygens (including phenoxy) is 2. The number of nitrogens with one attached hydrogen (secondary N) is 2. The first kappa shape index (κ1) is 34.7. The van der Waals surface area contributed by atoms with Gasteiger partial charge in [0, 0.05) is 27.6 Å². The van der Waals surface area contributed by atoms with Crippen LogP contribution < -0.4 is 10.6 Å². The maximum atomic E-state index is 14.1. The smallest absolute Gasteiger partial charge is 0.410 e. The quantitative estimate of drug-likeness (QED) is 0.135. The lowest BCUT2D eigenvalue weighted by atomic mass is 10.0. The molecular weight excluding hydrogens is 647 g/mol. The zero-order valence-corrected chi connectivity index (χ0v) is 29.3. The minimum absolute atomic E-state index is 0.181. The summed E-state index contributed by atoms with van der Waals surface area (Å²) in [7, 11) is 0. The molecule has 0 radical (unpaired) electrons. The Kier molecular flexibility index (Phi) is 10.9. The number of rotatable bonds is 9. The monoisotopic (exact) mass is 685 g/mol. The van der Waals surface area contributed by atoms with Crippen LogP contribution in [-0.2, 0) is 27.2 Å². The van der Waals surface area contributed by atoms with E-state index in [0.29, 0.717) is 34.8 Å². The van der Waals surface area contributed by atoms with Gasteiger partial charge in [-0.25, -0.2) is 9.59 Å². The van der Waals surface area contributed by atoms with Crippen LogP contribution in [0.15, 0.2) is 83.8 Å². The van der Waals surface area contributed by atoms with E-state index < -0.39 is 22.9 Å². The fraction of sp³-hybridized carbons (Fsp3) is 0.297. The lowest BCUT2D eigenvalue weighted by Crippen LogP contribution is -2.39. The standard InChI is InChI=1S/C37H39N3O6S2/c1-6-45-35(43)30-28-19-20-40(36(44)46-37(3,4)5)22-29(28)48-34(30)39-33(42)31(24-14-8-7-9-15-24)47-26-17-12-16-25(21-26)38-32(41)27-18-11-10-13-23(27)2/h7-18,21,31H,6,19-20,22H2,1-5H3,(H,38,41)(H,39,42). The summed E-state index contributed by atoms with van der Waals surface area (Å²) in [5.41, 5.74) is 3.29. The third-order valence-electron chi connectivity index (χ3n) is 7.50. The minimum atomic E-state index is -0.694. The van der Waals surface area contributed by atoms with Gasteiger partial charge in [-0.2, -0.15) is 0 Å². The summed E-state index contributed by atoms with van der Waals surface area (Å²) in [6.07, 6.45) is -0.00448. The summed E-state index contributed by atoms with van der Waals surface area (Å²) >= 11 is 2.61. The van der Waals surface area contributed by atoms with Crippen LogP contribution in [0, 0.1) is 6.92 Å². The number of benzene rings is 3. The number of esters is 1. The van der Waals surface area contributed by atoms with E-state index >= 15 is 0 Å². The van der Waals surface area contributed by atoms with Crippen LogP contribution in [0.2, 0.25) is 0 Å². The van der Waals surface area contributed by atoms with Gasteiger partial charge >= 0.3 is 12.1 Å². The molecule has 9 nitrogen and oxygen atoms in total. The summed E-state index contributed by atoms with van der Waals surface area (Å²) in [6.45, 7) is 9.88. The van der Waals surface area contributed by atoms with Gasteiger partial charge in [0.1, 0.15) is 15.9 Å². The molecular formula is C37H39N3O6S2. The molecule has 3 aromatic carbocycles. The Bertz CT molecular complexity index is 1820. The fourth-order valence-corrected chi connectivity index (χ4v) is 7.62. The van der Waals surface area contributed by atoms with Gasteiger partial charge < -0.3 is 25.0 Å². The second kappa shape index (κ2) is 15.1. The van der Waals surface area contributed by atoms with Crippen LogP contribution >= 0.6 is 23.1 Å². The molecule has 0 saturated carbocycles. The molecule has 1 aliphatic heterocycles. The van der Waals surface area contributed by atoms with E-state index in [0.717, 1.165) is 26.5 Å². The normalized spacial score (nSPS) is 13.2. The highest BCUT2D eigenvalue weighted by Gasteiger charge is 2.34. The third kappa shape index (κ3) is 8.45. The molecule has 11 heteroatoms. The number of aryl methyl sites for hydroxylation is 1. The van der Waals surface area contributed by atoms with E-state index in [1.165, 1.54) is 23.1 Å². The first-order valence-corrected chi connectivity index (χ1v) is 17.4. The zero-order valence-electron chi connectivity index (χ0n) is 27.6. The zero-order chi connectivity index (χ0) is 34.4. The van der Waals surface area contributed by atoms with Crippen LogP contribution in [0.5, 0.6) is 0 Å². The molecule has 1 aliphatic rings. The molecule has 0 spiro atoms. The molecule has 0 aliphatic carbocycles. The predicted molar refractivity (Wildman–Crippen MR) is 190 cm³/mol.